The van der Waals surface area contributed by atoms with Crippen molar-refractivity contribution in [2.75, 3.05) is 7.11 Å². The normalized spacial score (nSPS) is 13.0. The van der Waals surface area contributed by atoms with Gasteiger partial charge in [-0.25, -0.2) is 0 Å². The van der Waals surface area contributed by atoms with Crippen molar-refractivity contribution in [1.29, 1.82) is 0 Å². The Kier molecular flexibility index (Phi) is 4.85. The highest BCUT2D eigenvalue weighted by Crippen LogP contribution is 2.28. The minimum Gasteiger partial charge on any atom is -0.496 e. The summed E-state index contributed by atoms with van der Waals surface area (Å²) in [6.45, 7) is 0.403. The molecule has 0 bridgehead atoms. The van der Waals surface area contributed by atoms with Crippen molar-refractivity contribution in [3.05, 3.63) is 64.7 Å². The molecule has 0 saturated heterocycles. The first-order valence-corrected chi connectivity index (χ1v) is 8.05. The van der Waals surface area contributed by atoms with Crippen molar-refractivity contribution >= 4 is 12.0 Å². The molecule has 0 aromatic heterocycles. The highest BCUT2D eigenvalue weighted by atomic mass is 16.5. The van der Waals surface area contributed by atoms with E-state index in [4.69, 9.17) is 15.2 Å². The maximum atomic E-state index is 10.9. The standard InChI is InChI=1S/C20H21NO3/c1-23-19-9-5-14(6-10-20(21)22)11-17(19)13-24-18-8-7-15-3-2-4-16(15)12-18/h5-12H,2-4,13H2,1H3,(H2,21,22)/b10-6-. The molecule has 0 aliphatic heterocycles. The van der Waals surface area contributed by atoms with Crippen LogP contribution >= 0.6 is 0 Å². The van der Waals surface area contributed by atoms with Gasteiger partial charge in [0.25, 0.3) is 0 Å². The molecule has 0 radical (unpaired) electrons. The van der Waals surface area contributed by atoms with Crippen LogP contribution in [-0.2, 0) is 24.2 Å². The fourth-order valence-electron chi connectivity index (χ4n) is 2.99. The number of hydrogen-bond acceptors (Lipinski definition) is 3. The lowest BCUT2D eigenvalue weighted by atomic mass is 10.1. The molecular formula is C20H21NO3. The third-order valence-corrected chi connectivity index (χ3v) is 4.21. The van der Waals surface area contributed by atoms with Gasteiger partial charge in [-0.05, 0) is 66.3 Å². The molecule has 0 heterocycles. The molecule has 2 aromatic carbocycles. The lowest BCUT2D eigenvalue weighted by molar-refractivity contribution is -0.113. The van der Waals surface area contributed by atoms with Gasteiger partial charge in [0.05, 0.1) is 7.11 Å². The smallest absolute Gasteiger partial charge is 0.241 e. The van der Waals surface area contributed by atoms with E-state index in [1.807, 2.05) is 24.3 Å². The quantitative estimate of drug-likeness (QED) is 0.830. The van der Waals surface area contributed by atoms with E-state index in [1.54, 1.807) is 13.2 Å². The number of rotatable bonds is 6. The van der Waals surface area contributed by atoms with Crippen LogP contribution in [0.1, 0.15) is 28.7 Å². The summed E-state index contributed by atoms with van der Waals surface area (Å²) in [5.74, 6) is 1.16. The molecule has 0 saturated carbocycles. The molecular weight excluding hydrogens is 302 g/mol. The lowest BCUT2D eigenvalue weighted by Gasteiger charge is -2.12. The number of nitrogens with two attached hydrogens (primary N) is 1. The zero-order valence-electron chi connectivity index (χ0n) is 13.7. The van der Waals surface area contributed by atoms with Crippen molar-refractivity contribution in [2.45, 2.75) is 25.9 Å². The van der Waals surface area contributed by atoms with Gasteiger partial charge in [-0.1, -0.05) is 12.1 Å². The fraction of sp³-hybridized carbons (Fsp3) is 0.250. The van der Waals surface area contributed by atoms with Gasteiger partial charge < -0.3 is 15.2 Å². The summed E-state index contributed by atoms with van der Waals surface area (Å²) in [4.78, 5) is 10.9. The molecule has 4 heteroatoms. The highest BCUT2D eigenvalue weighted by Gasteiger charge is 2.12. The van der Waals surface area contributed by atoms with E-state index in [9.17, 15) is 4.79 Å². The maximum absolute atomic E-state index is 10.9. The van der Waals surface area contributed by atoms with Crippen LogP contribution in [0.25, 0.3) is 6.08 Å². The van der Waals surface area contributed by atoms with Gasteiger partial charge in [0.15, 0.2) is 0 Å². The van der Waals surface area contributed by atoms with E-state index in [2.05, 4.69) is 12.1 Å². The van der Waals surface area contributed by atoms with E-state index in [0.29, 0.717) is 6.61 Å². The number of ether oxygens (including phenoxy) is 2. The van der Waals surface area contributed by atoms with Gasteiger partial charge in [-0.3, -0.25) is 4.79 Å². The van der Waals surface area contributed by atoms with Crippen LogP contribution in [0.5, 0.6) is 11.5 Å². The molecule has 2 N–H and O–H groups in total. The van der Waals surface area contributed by atoms with Crippen molar-refractivity contribution in [3.63, 3.8) is 0 Å². The average Bonchev–Trinajstić information content (AvgIpc) is 3.05. The van der Waals surface area contributed by atoms with Gasteiger partial charge in [0, 0.05) is 11.6 Å². The monoisotopic (exact) mass is 323 g/mol. The number of aryl methyl sites for hydroxylation is 2. The molecule has 0 fully saturated rings. The summed E-state index contributed by atoms with van der Waals surface area (Å²) < 4.78 is 11.3. The third kappa shape index (κ3) is 3.77. The predicted octanol–water partition coefficient (Wildman–Crippen LogP) is 3.26. The largest absolute Gasteiger partial charge is 0.496 e. The highest BCUT2D eigenvalue weighted by molar-refractivity contribution is 5.90. The van der Waals surface area contributed by atoms with Crippen LogP contribution in [0, 0.1) is 0 Å². The van der Waals surface area contributed by atoms with Crippen LogP contribution in [0.4, 0.5) is 0 Å². The lowest BCUT2D eigenvalue weighted by Crippen LogP contribution is -2.05. The fourth-order valence-corrected chi connectivity index (χ4v) is 2.99. The molecule has 4 nitrogen and oxygen atoms in total. The number of carbonyl (C=O) groups excluding carboxylic acids is 1. The first-order valence-electron chi connectivity index (χ1n) is 8.05. The summed E-state index contributed by atoms with van der Waals surface area (Å²) in [7, 11) is 1.63. The van der Waals surface area contributed by atoms with Crippen molar-refractivity contribution in [1.82, 2.24) is 0 Å². The number of amides is 1. The Bertz CT molecular complexity index is 780. The summed E-state index contributed by atoms with van der Waals surface area (Å²) in [5.41, 5.74) is 9.75. The van der Waals surface area contributed by atoms with E-state index in [-0.39, 0.29) is 0 Å². The van der Waals surface area contributed by atoms with Crippen molar-refractivity contribution < 1.29 is 14.3 Å². The first kappa shape index (κ1) is 16.1. The van der Waals surface area contributed by atoms with Gasteiger partial charge >= 0.3 is 0 Å². The van der Waals surface area contributed by atoms with Crippen LogP contribution < -0.4 is 15.2 Å². The van der Waals surface area contributed by atoms with Crippen LogP contribution in [0.3, 0.4) is 0 Å². The summed E-state index contributed by atoms with van der Waals surface area (Å²) >= 11 is 0. The zero-order chi connectivity index (χ0) is 16.9. The predicted molar refractivity (Wildman–Crippen MR) is 94.0 cm³/mol. The van der Waals surface area contributed by atoms with Crippen molar-refractivity contribution in [2.24, 2.45) is 5.73 Å². The molecule has 24 heavy (non-hydrogen) atoms. The van der Waals surface area contributed by atoms with Gasteiger partial charge in [0.1, 0.15) is 18.1 Å². The SMILES string of the molecule is COc1ccc(/C=C\C(N)=O)cc1COc1ccc2c(c1)CCC2. The minimum atomic E-state index is -0.471. The van der Waals surface area contributed by atoms with Gasteiger partial charge in [-0.2, -0.15) is 0 Å². The van der Waals surface area contributed by atoms with Gasteiger partial charge in [-0.15, -0.1) is 0 Å². The molecule has 2 aromatic rings. The number of benzene rings is 2. The van der Waals surface area contributed by atoms with E-state index >= 15 is 0 Å². The molecule has 124 valence electrons. The van der Waals surface area contributed by atoms with E-state index in [0.717, 1.165) is 35.5 Å². The average molecular weight is 323 g/mol. The number of primary amides is 1. The van der Waals surface area contributed by atoms with Crippen molar-refractivity contribution in [3.8, 4) is 11.5 Å². The maximum Gasteiger partial charge on any atom is 0.241 e. The number of methoxy groups -OCH3 is 1. The van der Waals surface area contributed by atoms with Crippen LogP contribution in [0.2, 0.25) is 0 Å². The second-order valence-corrected chi connectivity index (χ2v) is 5.88. The summed E-state index contributed by atoms with van der Waals surface area (Å²) in [6, 6.07) is 12.0. The number of carbonyl (C=O) groups is 1. The Morgan fingerprint density at radius 2 is 2.00 bits per heavy atom. The Balaban J connectivity index is 1.75. The second kappa shape index (κ2) is 7.21. The molecule has 1 aliphatic rings. The zero-order valence-corrected chi connectivity index (χ0v) is 13.7. The third-order valence-electron chi connectivity index (χ3n) is 4.21. The van der Waals surface area contributed by atoms with Gasteiger partial charge in [0.2, 0.25) is 5.91 Å². The second-order valence-electron chi connectivity index (χ2n) is 5.88. The Hall–Kier alpha value is -2.75. The molecule has 1 aliphatic carbocycles. The molecule has 3 rings (SSSR count). The Labute approximate surface area is 141 Å². The van der Waals surface area contributed by atoms with E-state index < -0.39 is 5.91 Å². The van der Waals surface area contributed by atoms with Crippen LogP contribution in [0.15, 0.2) is 42.5 Å². The molecule has 0 spiro atoms. The van der Waals surface area contributed by atoms with Crippen LogP contribution in [-0.4, -0.2) is 13.0 Å². The molecule has 0 unspecified atom stereocenters. The Morgan fingerprint density at radius 1 is 1.17 bits per heavy atom. The first-order chi connectivity index (χ1) is 11.7. The molecule has 1 amide bonds. The summed E-state index contributed by atoms with van der Waals surface area (Å²) in [5, 5.41) is 0. The Morgan fingerprint density at radius 3 is 2.79 bits per heavy atom. The van der Waals surface area contributed by atoms with E-state index in [1.165, 1.54) is 23.6 Å². The molecule has 0 atom stereocenters. The topological polar surface area (TPSA) is 61.5 Å². The summed E-state index contributed by atoms with van der Waals surface area (Å²) in [6.07, 6.45) is 6.54. The number of hydrogen-bond donors (Lipinski definition) is 1. The number of fused-ring (bicyclic) bond motifs is 1. The minimum absolute atomic E-state index is 0.403.